The van der Waals surface area contributed by atoms with Gasteiger partial charge < -0.3 is 5.32 Å². The van der Waals surface area contributed by atoms with Crippen LogP contribution < -0.4 is 5.32 Å². The monoisotopic (exact) mass is 399 g/mol. The second-order valence-corrected chi connectivity index (χ2v) is 8.14. The molecule has 2 aromatic carbocycles. The van der Waals surface area contributed by atoms with Gasteiger partial charge in [-0.3, -0.25) is 14.5 Å². The van der Waals surface area contributed by atoms with Crippen molar-refractivity contribution in [3.63, 3.8) is 0 Å². The van der Waals surface area contributed by atoms with Crippen LogP contribution in [0.15, 0.2) is 59.6 Å². The van der Waals surface area contributed by atoms with Crippen LogP contribution in [0.2, 0.25) is 5.02 Å². The molecule has 0 unspecified atom stereocenters. The van der Waals surface area contributed by atoms with Gasteiger partial charge in [0, 0.05) is 23.2 Å². The zero-order valence-electron chi connectivity index (χ0n) is 14.5. The Balaban J connectivity index is 1.47. The van der Waals surface area contributed by atoms with Crippen LogP contribution in [0.1, 0.15) is 19.3 Å². The maximum absolute atomic E-state index is 12.8. The molecule has 1 aliphatic heterocycles. The lowest BCUT2D eigenvalue weighted by Crippen LogP contribution is -2.35. The highest BCUT2D eigenvalue weighted by molar-refractivity contribution is 8.15. The molecular weight excluding hydrogens is 382 g/mol. The summed E-state index contributed by atoms with van der Waals surface area (Å²) in [6, 6.07) is 16.7. The van der Waals surface area contributed by atoms with Gasteiger partial charge in [0.25, 0.3) is 0 Å². The summed E-state index contributed by atoms with van der Waals surface area (Å²) in [5.41, 5.74) is 1.47. The van der Waals surface area contributed by atoms with Gasteiger partial charge in [0.05, 0.1) is 5.69 Å². The number of nitrogens with one attached hydrogen (secondary N) is 1. The topological polar surface area (TPSA) is 61.8 Å². The Morgan fingerprint density at radius 2 is 1.85 bits per heavy atom. The van der Waals surface area contributed by atoms with E-state index >= 15 is 0 Å². The standard InChI is InChI=1S/C20H18ClN3O2S/c21-13-6-8-15(9-7-13)22-18(25)12-17-19(26)24(16-10-11-16)20(27-17)23-14-4-2-1-3-5-14/h1-9,16-17H,10-12H2,(H,22,25)/t17-/m0/s1. The molecule has 2 amide bonds. The molecule has 27 heavy (non-hydrogen) atoms. The summed E-state index contributed by atoms with van der Waals surface area (Å²) >= 11 is 7.24. The van der Waals surface area contributed by atoms with Crippen LogP contribution in [-0.2, 0) is 9.59 Å². The SMILES string of the molecule is O=C(C[C@@H]1SC(=Nc2ccccc2)N(C2CC2)C1=O)Nc1ccc(Cl)cc1. The van der Waals surface area contributed by atoms with Gasteiger partial charge in [-0.1, -0.05) is 41.6 Å². The number of hydrogen-bond acceptors (Lipinski definition) is 4. The van der Waals surface area contributed by atoms with E-state index in [1.807, 2.05) is 30.3 Å². The van der Waals surface area contributed by atoms with Crippen molar-refractivity contribution >= 4 is 51.7 Å². The van der Waals surface area contributed by atoms with Gasteiger partial charge in [-0.15, -0.1) is 0 Å². The Bertz CT molecular complexity index is 882. The van der Waals surface area contributed by atoms with Crippen molar-refractivity contribution in [3.8, 4) is 0 Å². The molecule has 1 saturated heterocycles. The number of thioether (sulfide) groups is 1. The van der Waals surface area contributed by atoms with E-state index in [2.05, 4.69) is 10.3 Å². The Kier molecular flexibility index (Phi) is 5.18. The first-order valence-electron chi connectivity index (χ1n) is 8.79. The number of amidine groups is 1. The van der Waals surface area contributed by atoms with Crippen molar-refractivity contribution in [2.45, 2.75) is 30.6 Å². The maximum Gasteiger partial charge on any atom is 0.242 e. The van der Waals surface area contributed by atoms with E-state index in [-0.39, 0.29) is 24.3 Å². The van der Waals surface area contributed by atoms with Crippen LogP contribution >= 0.6 is 23.4 Å². The third kappa shape index (κ3) is 4.34. The lowest BCUT2D eigenvalue weighted by atomic mass is 10.2. The van der Waals surface area contributed by atoms with Crippen LogP contribution in [0.3, 0.4) is 0 Å². The van der Waals surface area contributed by atoms with Crippen LogP contribution in [0, 0.1) is 0 Å². The van der Waals surface area contributed by atoms with Crippen molar-refractivity contribution in [2.24, 2.45) is 4.99 Å². The summed E-state index contributed by atoms with van der Waals surface area (Å²) in [7, 11) is 0. The van der Waals surface area contributed by atoms with Crippen molar-refractivity contribution in [1.29, 1.82) is 0 Å². The Morgan fingerprint density at radius 3 is 2.52 bits per heavy atom. The third-order valence-corrected chi connectivity index (χ3v) is 5.76. The molecular formula is C20H18ClN3O2S. The average molecular weight is 400 g/mol. The molecule has 2 aliphatic rings. The average Bonchev–Trinajstić information content (AvgIpc) is 3.44. The third-order valence-electron chi connectivity index (χ3n) is 4.36. The number of hydrogen-bond donors (Lipinski definition) is 1. The molecule has 0 bridgehead atoms. The van der Waals surface area contributed by atoms with Gasteiger partial charge in [-0.25, -0.2) is 4.99 Å². The molecule has 4 rings (SSSR count). The number of aliphatic imine (C=N–C) groups is 1. The van der Waals surface area contributed by atoms with E-state index in [1.54, 1.807) is 29.2 Å². The molecule has 1 aliphatic carbocycles. The van der Waals surface area contributed by atoms with Gasteiger partial charge in [-0.05, 0) is 49.2 Å². The van der Waals surface area contributed by atoms with Gasteiger partial charge >= 0.3 is 0 Å². The summed E-state index contributed by atoms with van der Waals surface area (Å²) in [5, 5.41) is 3.68. The zero-order valence-corrected chi connectivity index (χ0v) is 16.0. The second kappa shape index (κ2) is 7.74. The summed E-state index contributed by atoms with van der Waals surface area (Å²) in [4.78, 5) is 31.7. The summed E-state index contributed by atoms with van der Waals surface area (Å²) < 4.78 is 0. The second-order valence-electron chi connectivity index (χ2n) is 6.54. The van der Waals surface area contributed by atoms with Crippen molar-refractivity contribution < 1.29 is 9.59 Å². The van der Waals surface area contributed by atoms with Crippen LogP contribution in [0.5, 0.6) is 0 Å². The van der Waals surface area contributed by atoms with Gasteiger partial charge in [0.15, 0.2) is 5.17 Å². The highest BCUT2D eigenvalue weighted by Crippen LogP contribution is 2.39. The molecule has 138 valence electrons. The van der Waals surface area contributed by atoms with Crippen LogP contribution in [0.25, 0.3) is 0 Å². The Hall–Kier alpha value is -2.31. The van der Waals surface area contributed by atoms with Gasteiger partial charge in [-0.2, -0.15) is 0 Å². The molecule has 0 aromatic heterocycles. The molecule has 2 fully saturated rings. The van der Waals surface area contributed by atoms with Crippen molar-refractivity contribution in [1.82, 2.24) is 4.90 Å². The molecule has 0 radical (unpaired) electrons. The van der Waals surface area contributed by atoms with Crippen molar-refractivity contribution in [2.75, 3.05) is 5.32 Å². The van der Waals surface area contributed by atoms with E-state index in [0.717, 1.165) is 18.5 Å². The molecule has 5 nitrogen and oxygen atoms in total. The van der Waals surface area contributed by atoms with E-state index in [4.69, 9.17) is 11.6 Å². The number of rotatable bonds is 5. The predicted octanol–water partition coefficient (Wildman–Crippen LogP) is 4.46. The van der Waals surface area contributed by atoms with E-state index in [0.29, 0.717) is 15.9 Å². The molecule has 1 saturated carbocycles. The largest absolute Gasteiger partial charge is 0.326 e. The fourth-order valence-corrected chi connectivity index (χ4v) is 4.23. The molecule has 1 heterocycles. The highest BCUT2D eigenvalue weighted by Gasteiger charge is 2.46. The van der Waals surface area contributed by atoms with E-state index in [1.165, 1.54) is 11.8 Å². The van der Waals surface area contributed by atoms with Crippen LogP contribution in [-0.4, -0.2) is 33.2 Å². The van der Waals surface area contributed by atoms with Crippen molar-refractivity contribution in [3.05, 3.63) is 59.6 Å². The number of para-hydroxylation sites is 1. The highest BCUT2D eigenvalue weighted by atomic mass is 35.5. The van der Waals surface area contributed by atoms with Crippen LogP contribution in [0.4, 0.5) is 11.4 Å². The first-order valence-corrected chi connectivity index (χ1v) is 10.0. The lowest BCUT2D eigenvalue weighted by Gasteiger charge is -2.15. The number of carbonyl (C=O) groups excluding carboxylic acids is 2. The minimum atomic E-state index is -0.444. The molecule has 7 heteroatoms. The number of benzene rings is 2. The number of anilines is 1. The number of halogens is 1. The summed E-state index contributed by atoms with van der Waals surface area (Å²) in [6.45, 7) is 0. The number of nitrogens with zero attached hydrogens (tertiary/aromatic N) is 2. The maximum atomic E-state index is 12.8. The molecule has 1 atom stereocenters. The smallest absolute Gasteiger partial charge is 0.242 e. The predicted molar refractivity (Wildman–Crippen MR) is 109 cm³/mol. The Labute approximate surface area is 166 Å². The number of amides is 2. The fourth-order valence-electron chi connectivity index (χ4n) is 2.89. The fraction of sp³-hybridized carbons (Fsp3) is 0.250. The normalized spacial score (nSPS) is 20.9. The molecule has 1 N–H and O–H groups in total. The molecule has 2 aromatic rings. The van der Waals surface area contributed by atoms with Gasteiger partial charge in [0.2, 0.25) is 11.8 Å². The summed E-state index contributed by atoms with van der Waals surface area (Å²) in [5.74, 6) is -0.219. The lowest BCUT2D eigenvalue weighted by molar-refractivity contribution is -0.128. The first-order chi connectivity index (χ1) is 13.1. The van der Waals surface area contributed by atoms with E-state index in [9.17, 15) is 9.59 Å². The molecule has 0 spiro atoms. The quantitative estimate of drug-likeness (QED) is 0.807. The Morgan fingerprint density at radius 1 is 1.15 bits per heavy atom. The number of carbonyl (C=O) groups is 2. The summed E-state index contributed by atoms with van der Waals surface area (Å²) in [6.07, 6.45) is 2.09. The minimum Gasteiger partial charge on any atom is -0.326 e. The van der Waals surface area contributed by atoms with E-state index < -0.39 is 5.25 Å². The zero-order chi connectivity index (χ0) is 18.8. The minimum absolute atomic E-state index is 0.0246. The van der Waals surface area contributed by atoms with Gasteiger partial charge in [0.1, 0.15) is 5.25 Å². The first kappa shape index (κ1) is 18.1.